The van der Waals surface area contributed by atoms with Gasteiger partial charge in [0.25, 0.3) is 5.91 Å². The van der Waals surface area contributed by atoms with Gasteiger partial charge >= 0.3 is 0 Å². The van der Waals surface area contributed by atoms with E-state index in [4.69, 9.17) is 4.74 Å². The maximum absolute atomic E-state index is 12.7. The lowest BCUT2D eigenvalue weighted by Gasteiger charge is -2.20. The average molecular weight is 450 g/mol. The molecule has 0 aliphatic carbocycles. The van der Waals surface area contributed by atoms with Crippen molar-refractivity contribution >= 4 is 29.1 Å². The number of nitrogens with one attached hydrogen (secondary N) is 2. The van der Waals surface area contributed by atoms with Crippen molar-refractivity contribution < 1.29 is 19.1 Å². The second-order valence-electron chi connectivity index (χ2n) is 8.65. The number of carbonyl (C=O) groups is 3. The van der Waals surface area contributed by atoms with Crippen molar-refractivity contribution in [3.05, 3.63) is 53.6 Å². The zero-order valence-corrected chi connectivity index (χ0v) is 18.9. The number of nitrogens with zero attached hydrogens (tertiary/aromatic N) is 1. The van der Waals surface area contributed by atoms with Gasteiger partial charge in [-0.2, -0.15) is 0 Å². The zero-order valence-electron chi connectivity index (χ0n) is 18.9. The minimum Gasteiger partial charge on any atom is -0.494 e. The van der Waals surface area contributed by atoms with E-state index < -0.39 is 0 Å². The monoisotopic (exact) mass is 449 g/mol. The summed E-state index contributed by atoms with van der Waals surface area (Å²) in [6, 6.07) is 12.8. The first-order valence-electron chi connectivity index (χ1n) is 11.8. The molecule has 2 heterocycles. The van der Waals surface area contributed by atoms with Crippen LogP contribution in [0.15, 0.2) is 42.5 Å². The number of hydrogen-bond acceptors (Lipinski definition) is 4. The lowest BCUT2D eigenvalue weighted by molar-refractivity contribution is -0.117. The van der Waals surface area contributed by atoms with Crippen LogP contribution in [0, 0.1) is 0 Å². The third kappa shape index (κ3) is 6.34. The first kappa shape index (κ1) is 22.8. The summed E-state index contributed by atoms with van der Waals surface area (Å²) in [7, 11) is 0. The van der Waals surface area contributed by atoms with Crippen molar-refractivity contribution in [2.24, 2.45) is 0 Å². The van der Waals surface area contributed by atoms with Crippen molar-refractivity contribution in [2.45, 2.75) is 51.4 Å². The van der Waals surface area contributed by atoms with E-state index >= 15 is 0 Å². The zero-order chi connectivity index (χ0) is 23.0. The van der Waals surface area contributed by atoms with Gasteiger partial charge in [-0.05, 0) is 73.7 Å². The fourth-order valence-corrected chi connectivity index (χ4v) is 4.25. The molecule has 3 amide bonds. The summed E-state index contributed by atoms with van der Waals surface area (Å²) in [5.41, 5.74) is 3.26. The number of aryl methyl sites for hydroxylation is 1. The largest absolute Gasteiger partial charge is 0.494 e. The van der Waals surface area contributed by atoms with Gasteiger partial charge < -0.3 is 20.3 Å². The molecule has 4 rings (SSSR count). The van der Waals surface area contributed by atoms with Gasteiger partial charge in [0.2, 0.25) is 11.8 Å². The molecule has 2 aromatic rings. The molecule has 0 saturated carbocycles. The Balaban J connectivity index is 1.19. The molecule has 0 spiro atoms. The highest BCUT2D eigenvalue weighted by Crippen LogP contribution is 2.27. The van der Waals surface area contributed by atoms with Crippen molar-refractivity contribution in [1.82, 2.24) is 4.90 Å². The van der Waals surface area contributed by atoms with Crippen molar-refractivity contribution in [1.29, 1.82) is 0 Å². The van der Waals surface area contributed by atoms with Crippen molar-refractivity contribution in [3.63, 3.8) is 0 Å². The van der Waals surface area contributed by atoms with Crippen molar-refractivity contribution in [3.8, 4) is 5.75 Å². The normalized spacial score (nSPS) is 15.8. The lowest BCUT2D eigenvalue weighted by atomic mass is 10.0. The van der Waals surface area contributed by atoms with Crippen LogP contribution in [0.2, 0.25) is 0 Å². The van der Waals surface area contributed by atoms with Gasteiger partial charge in [0.1, 0.15) is 5.75 Å². The Labute approximate surface area is 194 Å². The van der Waals surface area contributed by atoms with Crippen LogP contribution in [0.3, 0.4) is 0 Å². The molecule has 0 bridgehead atoms. The number of ether oxygens (including phenoxy) is 1. The average Bonchev–Trinajstić information content (AvgIpc) is 3.11. The van der Waals surface area contributed by atoms with E-state index in [1.165, 1.54) is 12.8 Å². The highest BCUT2D eigenvalue weighted by molar-refractivity contribution is 5.96. The second-order valence-corrected chi connectivity index (χ2v) is 8.65. The van der Waals surface area contributed by atoms with Crippen LogP contribution in [0.25, 0.3) is 0 Å². The van der Waals surface area contributed by atoms with E-state index in [9.17, 15) is 14.4 Å². The summed E-state index contributed by atoms with van der Waals surface area (Å²) in [6.07, 6.45) is 6.63. The summed E-state index contributed by atoms with van der Waals surface area (Å²) in [5.74, 6) is 0.769. The molecule has 2 aromatic carbocycles. The maximum atomic E-state index is 12.7. The lowest BCUT2D eigenvalue weighted by Crippen LogP contribution is -2.31. The van der Waals surface area contributed by atoms with Gasteiger partial charge in [-0.25, -0.2) is 0 Å². The number of likely N-dealkylation sites (tertiary alicyclic amines) is 1. The first-order chi connectivity index (χ1) is 16.1. The van der Waals surface area contributed by atoms with E-state index in [-0.39, 0.29) is 17.7 Å². The highest BCUT2D eigenvalue weighted by atomic mass is 16.5. The SMILES string of the molecule is O=C(CCCOc1ccc2c(c1)CCC(=O)N2)Nc1ccc(C(=O)N2CCCCCC2)cc1. The van der Waals surface area contributed by atoms with Gasteiger partial charge in [0, 0.05) is 42.9 Å². The smallest absolute Gasteiger partial charge is 0.253 e. The Morgan fingerprint density at radius 1 is 0.970 bits per heavy atom. The molecule has 0 radical (unpaired) electrons. The Morgan fingerprint density at radius 3 is 2.48 bits per heavy atom. The molecule has 0 aromatic heterocycles. The number of hydrogen-bond donors (Lipinski definition) is 2. The third-order valence-corrected chi connectivity index (χ3v) is 6.10. The van der Waals surface area contributed by atoms with E-state index in [1.54, 1.807) is 24.3 Å². The number of anilines is 2. The summed E-state index contributed by atoms with van der Waals surface area (Å²) in [4.78, 5) is 38.3. The van der Waals surface area contributed by atoms with Crippen LogP contribution in [-0.2, 0) is 16.0 Å². The molecule has 33 heavy (non-hydrogen) atoms. The van der Waals surface area contributed by atoms with E-state index in [0.717, 1.165) is 42.9 Å². The number of fused-ring (bicyclic) bond motifs is 1. The summed E-state index contributed by atoms with van der Waals surface area (Å²) in [5, 5.41) is 5.73. The maximum Gasteiger partial charge on any atom is 0.253 e. The molecule has 1 saturated heterocycles. The van der Waals surface area contributed by atoms with Gasteiger partial charge in [-0.15, -0.1) is 0 Å². The van der Waals surface area contributed by atoms with Gasteiger partial charge in [-0.1, -0.05) is 12.8 Å². The van der Waals surface area contributed by atoms with Crippen LogP contribution < -0.4 is 15.4 Å². The van der Waals surface area contributed by atoms with Crippen LogP contribution in [-0.4, -0.2) is 42.3 Å². The third-order valence-electron chi connectivity index (χ3n) is 6.10. The fourth-order valence-electron chi connectivity index (χ4n) is 4.25. The number of rotatable bonds is 7. The predicted molar refractivity (Wildman–Crippen MR) is 128 cm³/mol. The predicted octanol–water partition coefficient (Wildman–Crippen LogP) is 4.39. The van der Waals surface area contributed by atoms with Gasteiger partial charge in [0.15, 0.2) is 0 Å². The van der Waals surface area contributed by atoms with Crippen LogP contribution in [0.1, 0.15) is 60.9 Å². The Hall–Kier alpha value is -3.35. The minimum atomic E-state index is -0.0849. The molecule has 2 aliphatic heterocycles. The fraction of sp³-hybridized carbons (Fsp3) is 0.423. The Morgan fingerprint density at radius 2 is 1.73 bits per heavy atom. The molecule has 2 N–H and O–H groups in total. The van der Waals surface area contributed by atoms with E-state index in [2.05, 4.69) is 10.6 Å². The Kier molecular flexibility index (Phi) is 7.60. The summed E-state index contributed by atoms with van der Waals surface area (Å²) >= 11 is 0. The minimum absolute atomic E-state index is 0.0424. The quantitative estimate of drug-likeness (QED) is 0.614. The topological polar surface area (TPSA) is 87.7 Å². The van der Waals surface area contributed by atoms with Gasteiger partial charge in [-0.3, -0.25) is 14.4 Å². The molecule has 0 atom stereocenters. The van der Waals surface area contributed by atoms with Crippen LogP contribution in [0.5, 0.6) is 5.75 Å². The summed E-state index contributed by atoms with van der Waals surface area (Å²) < 4.78 is 5.77. The molecular formula is C26H31N3O4. The van der Waals surface area contributed by atoms with Crippen molar-refractivity contribution in [2.75, 3.05) is 30.3 Å². The number of benzene rings is 2. The number of carbonyl (C=O) groups excluding carboxylic acids is 3. The molecule has 1 fully saturated rings. The second kappa shape index (κ2) is 11.0. The first-order valence-corrected chi connectivity index (χ1v) is 11.8. The summed E-state index contributed by atoms with van der Waals surface area (Å²) in [6.45, 7) is 2.07. The van der Waals surface area contributed by atoms with Gasteiger partial charge in [0.05, 0.1) is 6.61 Å². The molecule has 174 valence electrons. The van der Waals surface area contributed by atoms with E-state index in [1.807, 2.05) is 23.1 Å². The van der Waals surface area contributed by atoms with E-state index in [0.29, 0.717) is 43.5 Å². The molecule has 0 unspecified atom stereocenters. The number of amides is 3. The molecule has 7 nitrogen and oxygen atoms in total. The van der Waals surface area contributed by atoms with Crippen LogP contribution >= 0.6 is 0 Å². The van der Waals surface area contributed by atoms with Crippen LogP contribution in [0.4, 0.5) is 11.4 Å². The standard InChI is InChI=1S/C26H31N3O4/c30-24(6-5-17-33-22-12-13-23-20(18-22)9-14-25(31)28-23)27-21-10-7-19(8-11-21)26(32)29-15-3-1-2-4-16-29/h7-8,10-13,18H,1-6,9,14-17H2,(H,27,30)(H,28,31). The molecule has 7 heteroatoms. The Bertz CT molecular complexity index is 995. The molecule has 2 aliphatic rings. The molecular weight excluding hydrogens is 418 g/mol. The highest BCUT2D eigenvalue weighted by Gasteiger charge is 2.17.